The molecule has 0 nitrogen and oxygen atoms in total. The van der Waals surface area contributed by atoms with Crippen LogP contribution >= 0.6 is 0 Å². The molecular formula is C13H13F3. The van der Waals surface area contributed by atoms with Gasteiger partial charge in [0.25, 0.3) is 0 Å². The molecule has 0 aliphatic heterocycles. The van der Waals surface area contributed by atoms with Crippen molar-refractivity contribution < 1.29 is 13.2 Å². The first-order chi connectivity index (χ1) is 7.42. The zero-order valence-corrected chi connectivity index (χ0v) is 9.28. The summed E-state index contributed by atoms with van der Waals surface area (Å²) in [4.78, 5) is 0. The van der Waals surface area contributed by atoms with E-state index in [9.17, 15) is 13.2 Å². The highest BCUT2D eigenvalue weighted by Crippen LogP contribution is 2.39. The van der Waals surface area contributed by atoms with E-state index in [2.05, 4.69) is 0 Å². The lowest BCUT2D eigenvalue weighted by atomic mass is 9.82. The van der Waals surface area contributed by atoms with E-state index in [0.717, 1.165) is 25.0 Å². The van der Waals surface area contributed by atoms with Gasteiger partial charge in [-0.2, -0.15) is 0 Å². The minimum Gasteiger partial charge on any atom is -0.204 e. The van der Waals surface area contributed by atoms with Crippen molar-refractivity contribution in [2.24, 2.45) is 0 Å². The molecule has 1 aliphatic carbocycles. The monoisotopic (exact) mass is 226 g/mol. The van der Waals surface area contributed by atoms with Gasteiger partial charge in [0.05, 0.1) is 0 Å². The molecule has 1 aromatic carbocycles. The van der Waals surface area contributed by atoms with Crippen LogP contribution in [0, 0.1) is 17.5 Å². The Balaban J connectivity index is 2.50. The van der Waals surface area contributed by atoms with Crippen molar-refractivity contribution >= 4 is 0 Å². The smallest absolute Gasteiger partial charge is 0.194 e. The number of hydrogen-bond donors (Lipinski definition) is 0. The number of hydrogen-bond acceptors (Lipinski definition) is 0. The molecule has 86 valence electrons. The van der Waals surface area contributed by atoms with Gasteiger partial charge in [-0.25, -0.2) is 13.2 Å². The van der Waals surface area contributed by atoms with Crippen molar-refractivity contribution in [3.63, 3.8) is 0 Å². The fraction of sp³-hybridized carbons (Fsp3) is 0.385. The van der Waals surface area contributed by atoms with Crippen molar-refractivity contribution in [2.75, 3.05) is 0 Å². The van der Waals surface area contributed by atoms with E-state index in [1.165, 1.54) is 5.57 Å². The van der Waals surface area contributed by atoms with Crippen molar-refractivity contribution in [3.05, 3.63) is 46.8 Å². The Morgan fingerprint density at radius 3 is 2.12 bits per heavy atom. The highest BCUT2D eigenvalue weighted by atomic mass is 19.2. The van der Waals surface area contributed by atoms with Gasteiger partial charge >= 0.3 is 0 Å². The van der Waals surface area contributed by atoms with Crippen LogP contribution in [0.1, 0.15) is 32.3 Å². The van der Waals surface area contributed by atoms with Gasteiger partial charge in [0.15, 0.2) is 17.5 Å². The van der Waals surface area contributed by atoms with Gasteiger partial charge in [-0.1, -0.05) is 18.6 Å². The standard InChI is InChI=1S/C13H13F3/c1-8-3-4-13(2,7-8)9-5-10(14)12(16)11(15)6-9/h5-7H,3-4H2,1-2H3/t13-/m1/s1. The summed E-state index contributed by atoms with van der Waals surface area (Å²) in [5.74, 6) is -3.63. The van der Waals surface area contributed by atoms with Crippen LogP contribution < -0.4 is 0 Å². The summed E-state index contributed by atoms with van der Waals surface area (Å²) in [6.45, 7) is 3.90. The Kier molecular flexibility index (Phi) is 2.56. The number of rotatable bonds is 1. The fourth-order valence-electron chi connectivity index (χ4n) is 2.26. The van der Waals surface area contributed by atoms with E-state index >= 15 is 0 Å². The van der Waals surface area contributed by atoms with E-state index < -0.39 is 17.5 Å². The zero-order valence-electron chi connectivity index (χ0n) is 9.28. The molecule has 0 fully saturated rings. The van der Waals surface area contributed by atoms with Crippen LogP contribution in [0.25, 0.3) is 0 Å². The molecular weight excluding hydrogens is 213 g/mol. The van der Waals surface area contributed by atoms with Crippen LogP contribution in [0.2, 0.25) is 0 Å². The second kappa shape index (κ2) is 3.65. The number of halogens is 3. The van der Waals surface area contributed by atoms with E-state index in [4.69, 9.17) is 0 Å². The molecule has 0 aromatic heterocycles. The van der Waals surface area contributed by atoms with Gasteiger partial charge in [0.2, 0.25) is 0 Å². The van der Waals surface area contributed by atoms with Gasteiger partial charge in [-0.15, -0.1) is 0 Å². The highest BCUT2D eigenvalue weighted by Gasteiger charge is 2.30. The summed E-state index contributed by atoms with van der Waals surface area (Å²) in [6.07, 6.45) is 3.72. The molecule has 0 radical (unpaired) electrons. The Bertz CT molecular complexity index is 439. The third-order valence-corrected chi connectivity index (χ3v) is 3.25. The minimum atomic E-state index is -1.40. The summed E-state index contributed by atoms with van der Waals surface area (Å²) in [5.41, 5.74) is 1.33. The molecule has 0 bridgehead atoms. The first-order valence-corrected chi connectivity index (χ1v) is 5.26. The molecule has 1 aliphatic rings. The number of benzene rings is 1. The SMILES string of the molecule is CC1=C[C@](C)(c2cc(F)c(F)c(F)c2)CC1. The molecule has 2 rings (SSSR count). The predicted molar refractivity (Wildman–Crippen MR) is 56.7 cm³/mol. The number of allylic oxidation sites excluding steroid dienone is 2. The minimum absolute atomic E-state index is 0.376. The molecule has 1 aromatic rings. The molecule has 0 N–H and O–H groups in total. The third-order valence-electron chi connectivity index (χ3n) is 3.25. The molecule has 3 heteroatoms. The largest absolute Gasteiger partial charge is 0.204 e. The summed E-state index contributed by atoms with van der Waals surface area (Å²) in [6, 6.07) is 2.18. The maximum Gasteiger partial charge on any atom is 0.194 e. The van der Waals surface area contributed by atoms with Gasteiger partial charge in [0, 0.05) is 5.41 Å². The molecule has 0 saturated heterocycles. The van der Waals surface area contributed by atoms with Crippen molar-refractivity contribution in [2.45, 2.75) is 32.1 Å². The lowest BCUT2D eigenvalue weighted by molar-refractivity contribution is 0.439. The molecule has 0 heterocycles. The van der Waals surface area contributed by atoms with Crippen LogP contribution in [-0.2, 0) is 5.41 Å². The highest BCUT2D eigenvalue weighted by molar-refractivity contribution is 5.35. The maximum absolute atomic E-state index is 13.1. The van der Waals surface area contributed by atoms with Crippen LogP contribution in [-0.4, -0.2) is 0 Å². The van der Waals surface area contributed by atoms with Crippen LogP contribution in [0.4, 0.5) is 13.2 Å². The van der Waals surface area contributed by atoms with Crippen LogP contribution in [0.15, 0.2) is 23.8 Å². The Morgan fingerprint density at radius 1 is 1.12 bits per heavy atom. The Labute approximate surface area is 92.8 Å². The summed E-state index contributed by atoms with van der Waals surface area (Å²) >= 11 is 0. The van der Waals surface area contributed by atoms with Crippen LogP contribution in [0.5, 0.6) is 0 Å². The van der Waals surface area contributed by atoms with E-state index in [1.807, 2.05) is 19.9 Å². The van der Waals surface area contributed by atoms with Crippen molar-refractivity contribution in [1.82, 2.24) is 0 Å². The van der Waals surface area contributed by atoms with Gasteiger partial charge in [0.1, 0.15) is 0 Å². The van der Waals surface area contributed by atoms with Crippen molar-refractivity contribution in [1.29, 1.82) is 0 Å². The Hall–Kier alpha value is -1.25. The lowest BCUT2D eigenvalue weighted by Crippen LogP contribution is -2.16. The molecule has 0 amide bonds. The molecule has 16 heavy (non-hydrogen) atoms. The molecule has 1 atom stereocenters. The summed E-state index contributed by atoms with van der Waals surface area (Å²) in [7, 11) is 0. The van der Waals surface area contributed by atoms with Gasteiger partial charge in [-0.05, 0) is 37.5 Å². The van der Waals surface area contributed by atoms with Gasteiger partial charge in [-0.3, -0.25) is 0 Å². The van der Waals surface area contributed by atoms with E-state index in [0.29, 0.717) is 5.56 Å². The maximum atomic E-state index is 13.1. The van der Waals surface area contributed by atoms with Crippen LogP contribution in [0.3, 0.4) is 0 Å². The van der Waals surface area contributed by atoms with Crippen molar-refractivity contribution in [3.8, 4) is 0 Å². The van der Waals surface area contributed by atoms with E-state index in [-0.39, 0.29) is 5.41 Å². The summed E-state index contributed by atoms with van der Waals surface area (Å²) in [5, 5.41) is 0. The average Bonchev–Trinajstić information content (AvgIpc) is 2.56. The fourth-order valence-corrected chi connectivity index (χ4v) is 2.26. The molecule has 0 saturated carbocycles. The summed E-state index contributed by atoms with van der Waals surface area (Å²) < 4.78 is 39.1. The topological polar surface area (TPSA) is 0 Å². The van der Waals surface area contributed by atoms with Gasteiger partial charge < -0.3 is 0 Å². The zero-order chi connectivity index (χ0) is 11.9. The predicted octanol–water partition coefficient (Wildman–Crippen LogP) is 4.10. The first-order valence-electron chi connectivity index (χ1n) is 5.26. The second-order valence-corrected chi connectivity index (χ2v) is 4.66. The third kappa shape index (κ3) is 1.75. The Morgan fingerprint density at radius 2 is 1.69 bits per heavy atom. The van der Waals surface area contributed by atoms with E-state index in [1.54, 1.807) is 0 Å². The second-order valence-electron chi connectivity index (χ2n) is 4.66. The lowest BCUT2D eigenvalue weighted by Gasteiger charge is -2.22. The first kappa shape index (κ1) is 11.2. The quantitative estimate of drug-likeness (QED) is 0.499. The molecule has 0 unspecified atom stereocenters. The normalized spacial score (nSPS) is 24.7. The average molecular weight is 226 g/mol. The molecule has 0 spiro atoms.